The molecule has 6 nitrogen and oxygen atoms in total. The number of hydrogen-bond acceptors (Lipinski definition) is 6. The summed E-state index contributed by atoms with van der Waals surface area (Å²) in [6.45, 7) is 1.30. The number of cyclic esters (lactones) is 1. The Labute approximate surface area is 131 Å². The molecule has 0 saturated carbocycles. The molecule has 2 aromatic rings. The molecule has 0 saturated heterocycles. The zero-order chi connectivity index (χ0) is 16.7. The fraction of sp³-hybridized carbons (Fsp3) is 0.176. The van der Waals surface area contributed by atoms with E-state index in [1.807, 2.05) is 0 Å². The number of esters is 1. The minimum absolute atomic E-state index is 0.0121. The van der Waals surface area contributed by atoms with Crippen molar-refractivity contribution in [3.05, 3.63) is 53.1 Å². The first-order chi connectivity index (χ1) is 10.9. The van der Waals surface area contributed by atoms with Gasteiger partial charge in [-0.2, -0.15) is 0 Å². The van der Waals surface area contributed by atoms with E-state index in [0.29, 0.717) is 5.56 Å². The van der Waals surface area contributed by atoms with Gasteiger partial charge < -0.3 is 20.1 Å². The van der Waals surface area contributed by atoms with Gasteiger partial charge in [-0.15, -0.1) is 0 Å². The van der Waals surface area contributed by atoms with Gasteiger partial charge in [0.1, 0.15) is 17.2 Å². The SMILES string of the molecule is CC(=O)[C@H]1OC(=O)c2cc(O)cc(O)c2[C@@H]1c1ccc(O)cc1. The first-order valence-corrected chi connectivity index (χ1v) is 6.94. The lowest BCUT2D eigenvalue weighted by atomic mass is 9.80. The topological polar surface area (TPSA) is 104 Å². The van der Waals surface area contributed by atoms with Gasteiger partial charge in [-0.3, -0.25) is 4.79 Å². The summed E-state index contributed by atoms with van der Waals surface area (Å²) in [6.07, 6.45) is -1.09. The molecule has 23 heavy (non-hydrogen) atoms. The van der Waals surface area contributed by atoms with Crippen molar-refractivity contribution >= 4 is 11.8 Å². The van der Waals surface area contributed by atoms with Crippen LogP contribution >= 0.6 is 0 Å². The van der Waals surface area contributed by atoms with E-state index in [2.05, 4.69) is 0 Å². The molecular formula is C17H14O6. The average molecular weight is 314 g/mol. The number of carbonyl (C=O) groups is 2. The number of Topliss-reactive ketones (excluding diaryl/α,β-unsaturated/α-hetero) is 1. The van der Waals surface area contributed by atoms with Crippen molar-refractivity contribution in [3.8, 4) is 17.2 Å². The van der Waals surface area contributed by atoms with E-state index in [0.717, 1.165) is 6.07 Å². The first-order valence-electron chi connectivity index (χ1n) is 6.94. The summed E-state index contributed by atoms with van der Waals surface area (Å²) in [5, 5.41) is 29.2. The van der Waals surface area contributed by atoms with Crippen molar-refractivity contribution in [3.63, 3.8) is 0 Å². The summed E-state index contributed by atoms with van der Waals surface area (Å²) < 4.78 is 5.21. The monoisotopic (exact) mass is 314 g/mol. The zero-order valence-corrected chi connectivity index (χ0v) is 12.2. The summed E-state index contributed by atoms with van der Waals surface area (Å²) in [5.74, 6) is -2.38. The van der Waals surface area contributed by atoms with Gasteiger partial charge in [0.2, 0.25) is 0 Å². The highest BCUT2D eigenvalue weighted by molar-refractivity contribution is 5.98. The number of rotatable bonds is 2. The highest BCUT2D eigenvalue weighted by Gasteiger charge is 2.41. The van der Waals surface area contributed by atoms with Crippen LogP contribution in [0.4, 0.5) is 0 Å². The third-order valence-corrected chi connectivity index (χ3v) is 3.86. The fourth-order valence-corrected chi connectivity index (χ4v) is 2.86. The summed E-state index contributed by atoms with van der Waals surface area (Å²) in [7, 11) is 0. The van der Waals surface area contributed by atoms with Crippen LogP contribution in [0.5, 0.6) is 17.2 Å². The molecule has 0 fully saturated rings. The van der Waals surface area contributed by atoms with E-state index in [1.165, 1.54) is 25.1 Å². The number of aromatic hydroxyl groups is 3. The van der Waals surface area contributed by atoms with Gasteiger partial charge >= 0.3 is 5.97 Å². The van der Waals surface area contributed by atoms with Gasteiger partial charge in [0.15, 0.2) is 11.9 Å². The third-order valence-electron chi connectivity index (χ3n) is 3.86. The number of phenolic OH excluding ortho intramolecular Hbond substituents is 3. The molecule has 1 aliphatic heterocycles. The highest BCUT2D eigenvalue weighted by Crippen LogP contribution is 2.43. The Hall–Kier alpha value is -3.02. The van der Waals surface area contributed by atoms with Crippen LogP contribution in [0.1, 0.15) is 34.3 Å². The van der Waals surface area contributed by atoms with E-state index in [-0.39, 0.29) is 34.2 Å². The second kappa shape index (κ2) is 5.31. The highest BCUT2D eigenvalue weighted by atomic mass is 16.5. The number of ketones is 1. The number of hydrogen-bond donors (Lipinski definition) is 3. The molecule has 3 rings (SSSR count). The van der Waals surface area contributed by atoms with E-state index in [4.69, 9.17) is 4.74 Å². The molecule has 0 unspecified atom stereocenters. The van der Waals surface area contributed by atoms with Crippen LogP contribution in [-0.4, -0.2) is 33.2 Å². The van der Waals surface area contributed by atoms with E-state index in [9.17, 15) is 24.9 Å². The van der Waals surface area contributed by atoms with Crippen molar-refractivity contribution in [2.45, 2.75) is 18.9 Å². The second-order valence-corrected chi connectivity index (χ2v) is 5.43. The third kappa shape index (κ3) is 2.48. The van der Waals surface area contributed by atoms with E-state index >= 15 is 0 Å². The molecular weight excluding hydrogens is 300 g/mol. The maximum atomic E-state index is 12.1. The standard InChI is InChI=1S/C17H14O6/c1-8(18)16-14(9-2-4-10(19)5-3-9)15-12(17(22)23-16)6-11(20)7-13(15)21/h2-7,14,16,19-21H,1H3/t14-,16+/m0/s1. The Morgan fingerprint density at radius 3 is 2.30 bits per heavy atom. The molecule has 6 heteroatoms. The molecule has 1 heterocycles. The van der Waals surface area contributed by atoms with Gasteiger partial charge in [-0.25, -0.2) is 4.79 Å². The van der Waals surface area contributed by atoms with E-state index in [1.54, 1.807) is 12.1 Å². The van der Waals surface area contributed by atoms with Crippen LogP contribution in [0.25, 0.3) is 0 Å². The van der Waals surface area contributed by atoms with Crippen LogP contribution in [0.2, 0.25) is 0 Å². The van der Waals surface area contributed by atoms with Gasteiger partial charge in [-0.1, -0.05) is 12.1 Å². The van der Waals surface area contributed by atoms with Crippen molar-refractivity contribution in [1.29, 1.82) is 0 Å². The lowest BCUT2D eigenvalue weighted by Crippen LogP contribution is -2.37. The van der Waals surface area contributed by atoms with Gasteiger partial charge in [0.25, 0.3) is 0 Å². The predicted octanol–water partition coefficient (Wildman–Crippen LogP) is 2.06. The molecule has 118 valence electrons. The quantitative estimate of drug-likeness (QED) is 0.733. The molecule has 2 aromatic carbocycles. The smallest absolute Gasteiger partial charge is 0.339 e. The predicted molar refractivity (Wildman–Crippen MR) is 79.6 cm³/mol. The molecule has 2 atom stereocenters. The van der Waals surface area contributed by atoms with Gasteiger partial charge in [0, 0.05) is 11.6 Å². The molecule has 0 spiro atoms. The summed E-state index contributed by atoms with van der Waals surface area (Å²) in [6, 6.07) is 8.37. The van der Waals surface area contributed by atoms with Gasteiger partial charge in [-0.05, 0) is 30.7 Å². The molecule has 0 radical (unpaired) electrons. The van der Waals surface area contributed by atoms with Crippen molar-refractivity contribution in [1.82, 2.24) is 0 Å². The van der Waals surface area contributed by atoms with Crippen LogP contribution in [-0.2, 0) is 9.53 Å². The summed E-state index contributed by atoms with van der Waals surface area (Å²) in [5.41, 5.74) is 0.834. The number of fused-ring (bicyclic) bond motifs is 1. The maximum Gasteiger partial charge on any atom is 0.339 e. The largest absolute Gasteiger partial charge is 0.508 e. The van der Waals surface area contributed by atoms with Crippen molar-refractivity contribution < 1.29 is 29.6 Å². The summed E-state index contributed by atoms with van der Waals surface area (Å²) in [4.78, 5) is 24.0. The Kier molecular flexibility index (Phi) is 3.44. The van der Waals surface area contributed by atoms with Crippen molar-refractivity contribution in [2.24, 2.45) is 0 Å². The molecule has 0 aliphatic carbocycles. The summed E-state index contributed by atoms with van der Waals surface area (Å²) >= 11 is 0. The molecule has 0 amide bonds. The number of phenols is 3. The average Bonchev–Trinajstić information content (AvgIpc) is 2.48. The van der Waals surface area contributed by atoms with Crippen LogP contribution in [0.3, 0.4) is 0 Å². The number of carbonyl (C=O) groups excluding carboxylic acids is 2. The number of ether oxygens (including phenoxy) is 1. The van der Waals surface area contributed by atoms with Crippen LogP contribution < -0.4 is 0 Å². The molecule has 1 aliphatic rings. The Morgan fingerprint density at radius 2 is 1.70 bits per heavy atom. The first kappa shape index (κ1) is 14.9. The van der Waals surface area contributed by atoms with Gasteiger partial charge in [0.05, 0.1) is 11.5 Å². The Morgan fingerprint density at radius 1 is 1.04 bits per heavy atom. The van der Waals surface area contributed by atoms with Crippen molar-refractivity contribution in [2.75, 3.05) is 0 Å². The lowest BCUT2D eigenvalue weighted by Gasteiger charge is -2.32. The number of benzene rings is 2. The van der Waals surface area contributed by atoms with E-state index < -0.39 is 18.0 Å². The normalized spacial score (nSPS) is 19.8. The Bertz CT molecular complexity index is 793. The minimum atomic E-state index is -1.09. The van der Waals surface area contributed by atoms with Crippen LogP contribution in [0, 0.1) is 0 Å². The molecule has 0 aromatic heterocycles. The fourth-order valence-electron chi connectivity index (χ4n) is 2.86. The maximum absolute atomic E-state index is 12.1. The minimum Gasteiger partial charge on any atom is -0.508 e. The zero-order valence-electron chi connectivity index (χ0n) is 12.2. The molecule has 0 bridgehead atoms. The second-order valence-electron chi connectivity index (χ2n) is 5.43. The lowest BCUT2D eigenvalue weighted by molar-refractivity contribution is -0.126. The van der Waals surface area contributed by atoms with Crippen LogP contribution in [0.15, 0.2) is 36.4 Å². The molecule has 3 N–H and O–H groups in total. The Balaban J connectivity index is 2.25.